The van der Waals surface area contributed by atoms with E-state index in [1.807, 2.05) is 0 Å². The fourth-order valence-corrected chi connectivity index (χ4v) is 3.66. The van der Waals surface area contributed by atoms with E-state index in [1.54, 1.807) is 25.1 Å². The Morgan fingerprint density at radius 3 is 2.64 bits per heavy atom. The van der Waals surface area contributed by atoms with Crippen molar-refractivity contribution < 1.29 is 14.0 Å². The number of hydrazone groups is 1. The summed E-state index contributed by atoms with van der Waals surface area (Å²) in [4.78, 5) is 23.9. The van der Waals surface area contributed by atoms with Gasteiger partial charge in [0.1, 0.15) is 5.76 Å². The van der Waals surface area contributed by atoms with Crippen molar-refractivity contribution in [1.82, 2.24) is 5.43 Å². The molecule has 3 amide bonds. The zero-order chi connectivity index (χ0) is 20.6. The van der Waals surface area contributed by atoms with Crippen molar-refractivity contribution in [2.45, 2.75) is 33.6 Å². The number of hydrogen-bond donors (Lipinski definition) is 3. The molecule has 0 aliphatic heterocycles. The van der Waals surface area contributed by atoms with E-state index in [1.165, 1.54) is 0 Å². The van der Waals surface area contributed by atoms with Crippen LogP contribution in [-0.2, 0) is 6.42 Å². The maximum atomic E-state index is 12.8. The summed E-state index contributed by atoms with van der Waals surface area (Å²) >= 11 is 12.1. The summed E-state index contributed by atoms with van der Waals surface area (Å²) in [5.41, 5.74) is 9.60. The fraction of sp³-hybridized carbons (Fsp3) is 0.316. The van der Waals surface area contributed by atoms with Crippen LogP contribution in [0, 0.1) is 12.3 Å². The lowest BCUT2D eigenvalue weighted by Gasteiger charge is -2.29. The van der Waals surface area contributed by atoms with Gasteiger partial charge in [0.15, 0.2) is 5.76 Å². The lowest BCUT2D eigenvalue weighted by atomic mass is 9.75. The molecule has 3 rings (SSSR count). The number of carbonyl (C=O) groups is 2. The third-order valence-electron chi connectivity index (χ3n) is 4.48. The molecule has 0 fully saturated rings. The van der Waals surface area contributed by atoms with Gasteiger partial charge in [0.2, 0.25) is 0 Å². The van der Waals surface area contributed by atoms with Crippen molar-refractivity contribution in [1.29, 1.82) is 0 Å². The number of hydrogen-bond acceptors (Lipinski definition) is 4. The number of anilines is 1. The first-order valence-electron chi connectivity index (χ1n) is 8.58. The molecule has 0 saturated carbocycles. The van der Waals surface area contributed by atoms with Crippen molar-refractivity contribution in [3.05, 3.63) is 50.9 Å². The summed E-state index contributed by atoms with van der Waals surface area (Å²) in [5, 5.41) is 7.66. The van der Waals surface area contributed by atoms with Gasteiger partial charge in [-0.25, -0.2) is 10.2 Å². The van der Waals surface area contributed by atoms with E-state index in [-0.39, 0.29) is 11.2 Å². The molecule has 9 heteroatoms. The molecule has 1 aliphatic carbocycles. The standard InChI is InChI=1S/C19H20Cl2N4O3/c1-9-15-13(24-25-18(22)27)7-19(2,3)8-14(15)28-16(9)17(26)23-12-6-10(20)4-5-11(12)21/h4-6H,7-8H2,1-3H3,(H,23,26)(H3,22,25,27)/b24-13-. The van der Waals surface area contributed by atoms with Crippen LogP contribution >= 0.6 is 23.2 Å². The first-order valence-corrected chi connectivity index (χ1v) is 9.34. The number of fused-ring (bicyclic) bond motifs is 1. The molecule has 1 aromatic heterocycles. The second-order valence-corrected chi connectivity index (χ2v) is 8.33. The van der Waals surface area contributed by atoms with Gasteiger partial charge in [0, 0.05) is 22.6 Å². The minimum Gasteiger partial charge on any atom is -0.455 e. The van der Waals surface area contributed by atoms with Gasteiger partial charge in [0.25, 0.3) is 5.91 Å². The second-order valence-electron chi connectivity index (χ2n) is 7.48. The Balaban J connectivity index is 1.99. The van der Waals surface area contributed by atoms with Crippen LogP contribution in [0.5, 0.6) is 0 Å². The van der Waals surface area contributed by atoms with E-state index in [4.69, 9.17) is 33.4 Å². The number of nitrogens with two attached hydrogens (primary N) is 1. The zero-order valence-corrected chi connectivity index (χ0v) is 17.2. The van der Waals surface area contributed by atoms with Gasteiger partial charge in [-0.05, 0) is 37.0 Å². The highest BCUT2D eigenvalue weighted by Gasteiger charge is 2.36. The summed E-state index contributed by atoms with van der Waals surface area (Å²) in [5.74, 6) is 0.350. The summed E-state index contributed by atoms with van der Waals surface area (Å²) in [7, 11) is 0. The Morgan fingerprint density at radius 1 is 1.25 bits per heavy atom. The molecule has 1 heterocycles. The SMILES string of the molecule is Cc1c(C(=O)Nc2cc(Cl)ccc2Cl)oc2c1/C(=N\NC(N)=O)CC(C)(C)C2. The molecule has 1 aliphatic rings. The molecule has 0 atom stereocenters. The average Bonchev–Trinajstić information content (AvgIpc) is 2.91. The van der Waals surface area contributed by atoms with Crippen LogP contribution in [0.4, 0.5) is 10.5 Å². The highest BCUT2D eigenvalue weighted by molar-refractivity contribution is 6.35. The first kappa shape index (κ1) is 20.2. The third-order valence-corrected chi connectivity index (χ3v) is 5.04. The number of amides is 3. The smallest absolute Gasteiger partial charge is 0.332 e. The number of carbonyl (C=O) groups excluding carboxylic acids is 2. The minimum atomic E-state index is -0.757. The second kappa shape index (κ2) is 7.48. The van der Waals surface area contributed by atoms with Crippen molar-refractivity contribution in [3.8, 4) is 0 Å². The molecular formula is C19H20Cl2N4O3. The van der Waals surface area contributed by atoms with Gasteiger partial charge in [-0.2, -0.15) is 5.10 Å². The Labute approximate surface area is 172 Å². The number of primary amides is 1. The van der Waals surface area contributed by atoms with Crippen LogP contribution < -0.4 is 16.5 Å². The van der Waals surface area contributed by atoms with E-state index in [0.717, 1.165) is 5.56 Å². The topological polar surface area (TPSA) is 110 Å². The Kier molecular flexibility index (Phi) is 5.41. The lowest BCUT2D eigenvalue weighted by Crippen LogP contribution is -2.31. The predicted molar refractivity (Wildman–Crippen MR) is 109 cm³/mol. The number of nitrogens with zero attached hydrogens (tertiary/aromatic N) is 1. The van der Waals surface area contributed by atoms with Gasteiger partial charge in [-0.15, -0.1) is 0 Å². The Hall–Kier alpha value is -2.51. The molecule has 0 spiro atoms. The molecule has 2 aromatic rings. The van der Waals surface area contributed by atoms with Crippen molar-refractivity contribution >= 4 is 46.5 Å². The average molecular weight is 423 g/mol. The van der Waals surface area contributed by atoms with E-state index >= 15 is 0 Å². The third kappa shape index (κ3) is 4.15. The maximum absolute atomic E-state index is 12.8. The number of halogens is 2. The van der Waals surface area contributed by atoms with E-state index < -0.39 is 11.9 Å². The predicted octanol–water partition coefficient (Wildman–Crippen LogP) is 4.49. The maximum Gasteiger partial charge on any atom is 0.332 e. The van der Waals surface area contributed by atoms with Crippen LogP contribution in [0.2, 0.25) is 10.0 Å². The van der Waals surface area contributed by atoms with Crippen molar-refractivity contribution in [2.75, 3.05) is 5.32 Å². The molecule has 7 nitrogen and oxygen atoms in total. The van der Waals surface area contributed by atoms with Crippen molar-refractivity contribution in [2.24, 2.45) is 16.3 Å². The molecular weight excluding hydrogens is 403 g/mol. The van der Waals surface area contributed by atoms with E-state index in [0.29, 0.717) is 45.6 Å². The molecule has 148 valence electrons. The van der Waals surface area contributed by atoms with Gasteiger partial charge < -0.3 is 15.5 Å². The number of benzene rings is 1. The van der Waals surface area contributed by atoms with Crippen LogP contribution in [0.3, 0.4) is 0 Å². The van der Waals surface area contributed by atoms with Gasteiger partial charge in [-0.3, -0.25) is 4.79 Å². The zero-order valence-electron chi connectivity index (χ0n) is 15.7. The first-order chi connectivity index (χ1) is 13.1. The molecule has 4 N–H and O–H groups in total. The van der Waals surface area contributed by atoms with Gasteiger partial charge in [-0.1, -0.05) is 37.0 Å². The Bertz CT molecular complexity index is 995. The number of rotatable bonds is 3. The summed E-state index contributed by atoms with van der Waals surface area (Å²) in [6.07, 6.45) is 1.23. The van der Waals surface area contributed by atoms with Gasteiger partial charge >= 0.3 is 6.03 Å². The number of furan rings is 1. The summed E-state index contributed by atoms with van der Waals surface area (Å²) in [6, 6.07) is 4.04. The lowest BCUT2D eigenvalue weighted by molar-refractivity contribution is 0.0993. The summed E-state index contributed by atoms with van der Waals surface area (Å²) < 4.78 is 5.90. The van der Waals surface area contributed by atoms with E-state index in [2.05, 4.69) is 29.7 Å². The summed E-state index contributed by atoms with van der Waals surface area (Å²) in [6.45, 7) is 5.88. The molecule has 0 radical (unpaired) electrons. The van der Waals surface area contributed by atoms with Crippen LogP contribution in [0.1, 0.15) is 47.7 Å². The van der Waals surface area contributed by atoms with Crippen LogP contribution in [0.25, 0.3) is 0 Å². The van der Waals surface area contributed by atoms with Crippen molar-refractivity contribution in [3.63, 3.8) is 0 Å². The molecule has 0 saturated heterocycles. The van der Waals surface area contributed by atoms with Gasteiger partial charge in [0.05, 0.1) is 16.4 Å². The monoisotopic (exact) mass is 422 g/mol. The van der Waals surface area contributed by atoms with Crippen LogP contribution in [-0.4, -0.2) is 17.6 Å². The van der Waals surface area contributed by atoms with Crippen LogP contribution in [0.15, 0.2) is 27.7 Å². The highest BCUT2D eigenvalue weighted by atomic mass is 35.5. The molecule has 0 unspecified atom stereocenters. The quantitative estimate of drug-likeness (QED) is 0.633. The highest BCUT2D eigenvalue weighted by Crippen LogP contribution is 2.39. The fourth-order valence-electron chi connectivity index (χ4n) is 3.32. The molecule has 0 bridgehead atoms. The molecule has 1 aromatic carbocycles. The largest absolute Gasteiger partial charge is 0.455 e. The number of urea groups is 1. The van der Waals surface area contributed by atoms with E-state index in [9.17, 15) is 9.59 Å². The number of nitrogens with one attached hydrogen (secondary N) is 2. The Morgan fingerprint density at radius 2 is 1.96 bits per heavy atom. The minimum absolute atomic E-state index is 0.153. The molecule has 28 heavy (non-hydrogen) atoms. The normalized spacial score (nSPS) is 16.5.